The Hall–Kier alpha value is -3.10. The van der Waals surface area contributed by atoms with E-state index in [1.807, 2.05) is 31.2 Å². The molecule has 1 aromatic rings. The van der Waals surface area contributed by atoms with E-state index in [-0.39, 0.29) is 26.1 Å². The molecule has 0 aliphatic heterocycles. The van der Waals surface area contributed by atoms with Gasteiger partial charge in [-0.1, -0.05) is 51.0 Å². The molecule has 1 rings (SSSR count). The van der Waals surface area contributed by atoms with Crippen molar-refractivity contribution in [2.45, 2.75) is 85.3 Å². The van der Waals surface area contributed by atoms with Crippen LogP contribution in [0.2, 0.25) is 0 Å². The minimum absolute atomic E-state index is 0.0328. The molecule has 36 heavy (non-hydrogen) atoms. The van der Waals surface area contributed by atoms with Crippen LogP contribution in [0.1, 0.15) is 84.4 Å². The van der Waals surface area contributed by atoms with Crippen molar-refractivity contribution in [2.24, 2.45) is 0 Å². The maximum atomic E-state index is 13.4. The van der Waals surface area contributed by atoms with Gasteiger partial charge in [0.25, 0.3) is 0 Å². The van der Waals surface area contributed by atoms with Gasteiger partial charge in [0.2, 0.25) is 11.8 Å². The molecule has 9 nitrogen and oxygen atoms in total. The zero-order valence-electron chi connectivity index (χ0n) is 22.6. The number of unbranched alkanes of at least 4 members (excludes halogenated alkanes) is 2. The molecule has 0 bridgehead atoms. The Labute approximate surface area is 215 Å². The van der Waals surface area contributed by atoms with E-state index in [0.29, 0.717) is 18.5 Å². The molecule has 0 aliphatic rings. The second-order valence-corrected chi connectivity index (χ2v) is 9.49. The molecular formula is C27H43N3O6. The molecule has 1 atom stereocenters. The van der Waals surface area contributed by atoms with Crippen LogP contribution in [-0.4, -0.2) is 60.6 Å². The van der Waals surface area contributed by atoms with Gasteiger partial charge < -0.3 is 25.0 Å². The van der Waals surface area contributed by atoms with Crippen molar-refractivity contribution in [3.63, 3.8) is 0 Å². The van der Waals surface area contributed by atoms with Crippen LogP contribution in [0.4, 0.5) is 4.79 Å². The van der Waals surface area contributed by atoms with Crippen LogP contribution in [0.3, 0.4) is 0 Å². The van der Waals surface area contributed by atoms with Crippen LogP contribution in [0, 0.1) is 0 Å². The van der Waals surface area contributed by atoms with E-state index in [0.717, 1.165) is 24.8 Å². The zero-order chi connectivity index (χ0) is 27.1. The van der Waals surface area contributed by atoms with Gasteiger partial charge in [0.1, 0.15) is 18.2 Å². The van der Waals surface area contributed by atoms with Gasteiger partial charge in [-0.3, -0.25) is 14.4 Å². The number of benzene rings is 1. The lowest BCUT2D eigenvalue weighted by molar-refractivity contribution is -0.143. The van der Waals surface area contributed by atoms with Gasteiger partial charge in [-0.25, -0.2) is 4.79 Å². The molecule has 3 amide bonds. The molecule has 0 saturated heterocycles. The Bertz CT molecular complexity index is 848. The van der Waals surface area contributed by atoms with Crippen LogP contribution in [-0.2, 0) is 30.3 Å². The highest BCUT2D eigenvalue weighted by Gasteiger charge is 2.31. The summed E-state index contributed by atoms with van der Waals surface area (Å²) >= 11 is 0. The van der Waals surface area contributed by atoms with Gasteiger partial charge in [0.05, 0.1) is 13.0 Å². The number of alkyl carbamates (subject to hydrolysis) is 1. The predicted molar refractivity (Wildman–Crippen MR) is 138 cm³/mol. The highest BCUT2D eigenvalue weighted by atomic mass is 16.6. The number of ether oxygens (including phenoxy) is 2. The van der Waals surface area contributed by atoms with Crippen molar-refractivity contribution >= 4 is 23.9 Å². The molecule has 0 heterocycles. The van der Waals surface area contributed by atoms with Crippen LogP contribution >= 0.6 is 0 Å². The van der Waals surface area contributed by atoms with E-state index in [9.17, 15) is 19.2 Å². The number of nitrogens with one attached hydrogen (secondary N) is 2. The number of nitrogens with zero attached hydrogens (tertiary/aromatic N) is 1. The second-order valence-electron chi connectivity index (χ2n) is 9.49. The maximum absolute atomic E-state index is 13.4. The van der Waals surface area contributed by atoms with Crippen LogP contribution < -0.4 is 10.6 Å². The molecule has 1 aromatic carbocycles. The topological polar surface area (TPSA) is 114 Å². The standard InChI is InChI=1S/C27H43N3O6/c1-7-10-11-18-30(22(31)19-29-26(34)36-27(4,5)6)24(21-14-12-20(8-2)13-15-21)25(33)28-17-16-23(32)35-9-3/h12-15,24H,7-11,16-19H2,1-6H3,(H,28,33)(H,29,34). The lowest BCUT2D eigenvalue weighted by atomic mass is 10.0. The number of carbonyl (C=O) groups is 4. The van der Waals surface area contributed by atoms with Crippen molar-refractivity contribution < 1.29 is 28.7 Å². The fourth-order valence-corrected chi connectivity index (χ4v) is 3.52. The molecule has 0 aromatic heterocycles. The highest BCUT2D eigenvalue weighted by molar-refractivity contribution is 5.90. The summed E-state index contributed by atoms with van der Waals surface area (Å²) in [6.07, 6.45) is 2.71. The number of rotatable bonds is 14. The van der Waals surface area contributed by atoms with E-state index in [1.165, 1.54) is 4.90 Å². The van der Waals surface area contributed by atoms with Gasteiger partial charge in [0.15, 0.2) is 0 Å². The molecule has 9 heteroatoms. The highest BCUT2D eigenvalue weighted by Crippen LogP contribution is 2.23. The van der Waals surface area contributed by atoms with Gasteiger partial charge in [0, 0.05) is 13.1 Å². The number of esters is 1. The smallest absolute Gasteiger partial charge is 0.408 e. The SMILES string of the molecule is CCCCCN(C(=O)CNC(=O)OC(C)(C)C)C(C(=O)NCCC(=O)OCC)c1ccc(CC)cc1. The minimum Gasteiger partial charge on any atom is -0.466 e. The quantitative estimate of drug-likeness (QED) is 0.293. The molecule has 0 fully saturated rings. The largest absolute Gasteiger partial charge is 0.466 e. The number of hydrogen-bond acceptors (Lipinski definition) is 6. The summed E-state index contributed by atoms with van der Waals surface area (Å²) in [6, 6.07) is 6.64. The molecule has 2 N–H and O–H groups in total. The number of amides is 3. The summed E-state index contributed by atoms with van der Waals surface area (Å²) < 4.78 is 10.2. The van der Waals surface area contributed by atoms with Gasteiger partial charge >= 0.3 is 12.1 Å². The normalized spacial score (nSPS) is 11.8. The molecule has 0 aliphatic carbocycles. The van der Waals surface area contributed by atoms with Crippen molar-refractivity contribution in [2.75, 3.05) is 26.2 Å². The molecule has 202 valence electrons. The third-order valence-electron chi connectivity index (χ3n) is 5.30. The molecule has 0 spiro atoms. The third-order valence-corrected chi connectivity index (χ3v) is 5.30. The molecule has 0 saturated carbocycles. The summed E-state index contributed by atoms with van der Waals surface area (Å²) in [5.41, 5.74) is 1.06. The van der Waals surface area contributed by atoms with E-state index < -0.39 is 35.5 Å². The van der Waals surface area contributed by atoms with Crippen molar-refractivity contribution in [1.29, 1.82) is 0 Å². The summed E-state index contributed by atoms with van der Waals surface area (Å²) in [6.45, 7) is 11.4. The molecule has 1 unspecified atom stereocenters. The first-order valence-corrected chi connectivity index (χ1v) is 12.8. The summed E-state index contributed by atoms with van der Waals surface area (Å²) in [4.78, 5) is 52.0. The first-order chi connectivity index (χ1) is 17.0. The average Bonchev–Trinajstić information content (AvgIpc) is 2.81. The number of aryl methyl sites for hydroxylation is 1. The van der Waals surface area contributed by atoms with E-state index in [2.05, 4.69) is 17.6 Å². The summed E-state index contributed by atoms with van der Waals surface area (Å²) in [7, 11) is 0. The predicted octanol–water partition coefficient (Wildman–Crippen LogP) is 3.90. The van der Waals surface area contributed by atoms with Crippen LogP contribution in [0.5, 0.6) is 0 Å². The Balaban J connectivity index is 3.15. The average molecular weight is 506 g/mol. The van der Waals surface area contributed by atoms with E-state index in [1.54, 1.807) is 27.7 Å². The first-order valence-electron chi connectivity index (χ1n) is 12.8. The zero-order valence-corrected chi connectivity index (χ0v) is 22.6. The molecular weight excluding hydrogens is 462 g/mol. The van der Waals surface area contributed by atoms with Crippen LogP contribution in [0.25, 0.3) is 0 Å². The third kappa shape index (κ3) is 11.6. The number of carbonyl (C=O) groups excluding carboxylic acids is 4. The fourth-order valence-electron chi connectivity index (χ4n) is 3.52. The molecule has 0 radical (unpaired) electrons. The van der Waals surface area contributed by atoms with Crippen molar-refractivity contribution in [3.8, 4) is 0 Å². The van der Waals surface area contributed by atoms with E-state index >= 15 is 0 Å². The Morgan fingerprint density at radius 2 is 1.64 bits per heavy atom. The van der Waals surface area contributed by atoms with Gasteiger partial charge in [-0.05, 0) is 51.7 Å². The Morgan fingerprint density at radius 1 is 0.972 bits per heavy atom. The maximum Gasteiger partial charge on any atom is 0.408 e. The summed E-state index contributed by atoms with van der Waals surface area (Å²) in [5.74, 6) is -1.20. The Morgan fingerprint density at radius 3 is 2.19 bits per heavy atom. The monoisotopic (exact) mass is 505 g/mol. The van der Waals surface area contributed by atoms with Crippen LogP contribution in [0.15, 0.2) is 24.3 Å². The number of hydrogen-bond donors (Lipinski definition) is 2. The lowest BCUT2D eigenvalue weighted by Gasteiger charge is -2.32. The second kappa shape index (κ2) is 15.8. The first kappa shape index (κ1) is 30.9. The van der Waals surface area contributed by atoms with E-state index in [4.69, 9.17) is 9.47 Å². The summed E-state index contributed by atoms with van der Waals surface area (Å²) in [5, 5.41) is 5.28. The van der Waals surface area contributed by atoms with Crippen molar-refractivity contribution in [3.05, 3.63) is 35.4 Å². The lowest BCUT2D eigenvalue weighted by Crippen LogP contribution is -2.48. The Kier molecular flexibility index (Phi) is 13.6. The van der Waals surface area contributed by atoms with Gasteiger partial charge in [-0.15, -0.1) is 0 Å². The minimum atomic E-state index is -0.914. The van der Waals surface area contributed by atoms with Gasteiger partial charge in [-0.2, -0.15) is 0 Å². The van der Waals surface area contributed by atoms with Crippen molar-refractivity contribution in [1.82, 2.24) is 15.5 Å². The fraction of sp³-hybridized carbons (Fsp3) is 0.630.